The highest BCUT2D eigenvalue weighted by Gasteiger charge is 2.17. The molecule has 0 saturated heterocycles. The number of aryl methyl sites for hydroxylation is 1. The molecule has 0 saturated carbocycles. The number of rotatable bonds is 4. The molecule has 1 heterocycles. The fourth-order valence-electron chi connectivity index (χ4n) is 1.66. The molecule has 0 unspecified atom stereocenters. The van der Waals surface area contributed by atoms with Crippen LogP contribution in [-0.2, 0) is 13.0 Å². The lowest BCUT2D eigenvalue weighted by atomic mass is 10.1. The predicted octanol–water partition coefficient (Wildman–Crippen LogP) is 2.52. The molecular weight excluding hydrogens is 257 g/mol. The van der Waals surface area contributed by atoms with Gasteiger partial charge in [-0.05, 0) is 19.1 Å². The van der Waals surface area contributed by atoms with Crippen LogP contribution in [0.25, 0.3) is 0 Å². The van der Waals surface area contributed by atoms with Gasteiger partial charge in [-0.1, -0.05) is 22.9 Å². The second kappa shape index (κ2) is 5.27. The zero-order valence-corrected chi connectivity index (χ0v) is 10.5. The number of hydrogen-bond donors (Lipinski definition) is 0. The summed E-state index contributed by atoms with van der Waals surface area (Å²) in [5.41, 5.74) is 0.560. The zero-order chi connectivity index (χ0) is 13.1. The minimum atomic E-state index is -0.480. The topological polar surface area (TPSA) is 47.8 Å². The maximum Gasteiger partial charge on any atom is 0.187 e. The van der Waals surface area contributed by atoms with Gasteiger partial charge in [0.15, 0.2) is 5.78 Å². The van der Waals surface area contributed by atoms with Gasteiger partial charge in [-0.25, -0.2) is 9.07 Å². The summed E-state index contributed by atoms with van der Waals surface area (Å²) < 4.78 is 15.0. The zero-order valence-electron chi connectivity index (χ0n) is 9.73. The Balaban J connectivity index is 2.27. The number of carbonyl (C=O) groups excluding carboxylic acids is 1. The van der Waals surface area contributed by atoms with Crippen LogP contribution < -0.4 is 0 Å². The van der Waals surface area contributed by atoms with Crippen LogP contribution >= 0.6 is 11.6 Å². The molecule has 18 heavy (non-hydrogen) atoms. The molecule has 94 valence electrons. The largest absolute Gasteiger partial charge is 0.292 e. The van der Waals surface area contributed by atoms with E-state index in [0.29, 0.717) is 12.2 Å². The molecule has 4 nitrogen and oxygen atoms in total. The summed E-state index contributed by atoms with van der Waals surface area (Å²) in [4.78, 5) is 12.0. The Labute approximate surface area is 108 Å². The van der Waals surface area contributed by atoms with Gasteiger partial charge in [0.25, 0.3) is 0 Å². The van der Waals surface area contributed by atoms with Crippen LogP contribution in [0.1, 0.15) is 23.0 Å². The Morgan fingerprint density at radius 1 is 1.50 bits per heavy atom. The van der Waals surface area contributed by atoms with E-state index in [2.05, 4.69) is 10.3 Å². The summed E-state index contributed by atoms with van der Waals surface area (Å²) in [6, 6.07) is 4.34. The Morgan fingerprint density at radius 2 is 2.28 bits per heavy atom. The maximum absolute atomic E-state index is 13.6. The quantitative estimate of drug-likeness (QED) is 0.800. The molecule has 0 bridgehead atoms. The molecule has 0 aliphatic carbocycles. The molecule has 2 aromatic rings. The summed E-state index contributed by atoms with van der Waals surface area (Å²) >= 11 is 5.88. The first-order chi connectivity index (χ1) is 8.63. The number of ketones is 1. The molecule has 1 aromatic carbocycles. The summed E-state index contributed by atoms with van der Waals surface area (Å²) in [5.74, 6) is -0.736. The van der Waals surface area contributed by atoms with E-state index in [9.17, 15) is 9.18 Å². The average molecular weight is 268 g/mol. The fourth-order valence-corrected chi connectivity index (χ4v) is 1.89. The van der Waals surface area contributed by atoms with Crippen LogP contribution in [-0.4, -0.2) is 20.8 Å². The SMILES string of the molecule is CCn1nncc1C(=O)Cc1c(F)cccc1Cl. The lowest BCUT2D eigenvalue weighted by Gasteiger charge is -2.05. The van der Waals surface area contributed by atoms with Gasteiger partial charge in [0, 0.05) is 23.6 Å². The monoisotopic (exact) mass is 267 g/mol. The van der Waals surface area contributed by atoms with Crippen molar-refractivity contribution in [3.63, 3.8) is 0 Å². The highest BCUT2D eigenvalue weighted by Crippen LogP contribution is 2.20. The van der Waals surface area contributed by atoms with Gasteiger partial charge in [-0.3, -0.25) is 4.79 Å². The molecule has 1 aromatic heterocycles. The maximum atomic E-state index is 13.6. The third kappa shape index (κ3) is 2.41. The van der Waals surface area contributed by atoms with E-state index >= 15 is 0 Å². The molecule has 0 aliphatic rings. The number of hydrogen-bond acceptors (Lipinski definition) is 3. The lowest BCUT2D eigenvalue weighted by molar-refractivity contribution is 0.0981. The first-order valence-electron chi connectivity index (χ1n) is 5.48. The molecule has 0 spiro atoms. The Morgan fingerprint density at radius 3 is 2.94 bits per heavy atom. The smallest absolute Gasteiger partial charge is 0.187 e. The van der Waals surface area contributed by atoms with Crippen LogP contribution in [0.3, 0.4) is 0 Å². The van der Waals surface area contributed by atoms with Crippen molar-refractivity contribution >= 4 is 17.4 Å². The number of Topliss-reactive ketones (excluding diaryl/α,β-unsaturated/α-hetero) is 1. The molecule has 0 aliphatic heterocycles. The van der Waals surface area contributed by atoms with Crippen molar-refractivity contribution in [1.82, 2.24) is 15.0 Å². The molecule has 0 N–H and O–H groups in total. The second-order valence-corrected chi connectivity index (χ2v) is 4.14. The third-order valence-electron chi connectivity index (χ3n) is 2.60. The van der Waals surface area contributed by atoms with Gasteiger partial charge in [-0.15, -0.1) is 5.10 Å². The van der Waals surface area contributed by atoms with Gasteiger partial charge < -0.3 is 0 Å². The van der Waals surface area contributed by atoms with Crippen LogP contribution in [0.4, 0.5) is 4.39 Å². The van der Waals surface area contributed by atoms with Crippen molar-refractivity contribution in [1.29, 1.82) is 0 Å². The van der Waals surface area contributed by atoms with Crippen molar-refractivity contribution in [3.05, 3.63) is 46.5 Å². The van der Waals surface area contributed by atoms with Crippen molar-refractivity contribution in [2.45, 2.75) is 19.9 Å². The number of nitrogens with zero attached hydrogens (tertiary/aromatic N) is 3. The fraction of sp³-hybridized carbons (Fsp3) is 0.250. The van der Waals surface area contributed by atoms with Gasteiger partial charge in [0.2, 0.25) is 0 Å². The Kier molecular flexibility index (Phi) is 3.72. The Hall–Kier alpha value is -1.75. The second-order valence-electron chi connectivity index (χ2n) is 3.74. The van der Waals surface area contributed by atoms with Crippen LogP contribution in [0.2, 0.25) is 5.02 Å². The highest BCUT2D eigenvalue weighted by atomic mass is 35.5. The van der Waals surface area contributed by atoms with Crippen LogP contribution in [0, 0.1) is 5.82 Å². The minimum absolute atomic E-state index is 0.0983. The van der Waals surface area contributed by atoms with Crippen molar-refractivity contribution in [3.8, 4) is 0 Å². The third-order valence-corrected chi connectivity index (χ3v) is 2.96. The molecule has 0 radical (unpaired) electrons. The average Bonchev–Trinajstić information content (AvgIpc) is 2.82. The van der Waals surface area contributed by atoms with E-state index in [1.54, 1.807) is 6.07 Å². The van der Waals surface area contributed by atoms with Crippen molar-refractivity contribution in [2.24, 2.45) is 0 Å². The number of benzene rings is 1. The van der Waals surface area contributed by atoms with Gasteiger partial charge in [0.1, 0.15) is 11.5 Å². The first kappa shape index (κ1) is 12.7. The molecule has 0 atom stereocenters. The van der Waals surface area contributed by atoms with E-state index < -0.39 is 5.82 Å². The highest BCUT2D eigenvalue weighted by molar-refractivity contribution is 6.31. The molecular formula is C12H11ClFN3O. The van der Waals surface area contributed by atoms with E-state index in [0.717, 1.165) is 0 Å². The predicted molar refractivity (Wildman–Crippen MR) is 65.1 cm³/mol. The van der Waals surface area contributed by atoms with E-state index in [1.165, 1.54) is 23.0 Å². The summed E-state index contributed by atoms with van der Waals surface area (Å²) in [7, 11) is 0. The van der Waals surface area contributed by atoms with Crippen LogP contribution in [0.15, 0.2) is 24.4 Å². The normalized spacial score (nSPS) is 10.6. The standard InChI is InChI=1S/C12H11ClFN3O/c1-2-17-11(7-15-16-17)12(18)6-8-9(13)4-3-5-10(8)14/h3-5,7H,2,6H2,1H3. The summed E-state index contributed by atoms with van der Waals surface area (Å²) in [6.45, 7) is 2.38. The lowest BCUT2D eigenvalue weighted by Crippen LogP contribution is -2.12. The van der Waals surface area contributed by atoms with Gasteiger partial charge in [0.05, 0.1) is 6.20 Å². The summed E-state index contributed by atoms with van der Waals surface area (Å²) in [5, 5.41) is 7.68. The number of carbonyl (C=O) groups is 1. The first-order valence-corrected chi connectivity index (χ1v) is 5.85. The minimum Gasteiger partial charge on any atom is -0.292 e. The molecule has 0 amide bonds. The number of aromatic nitrogens is 3. The van der Waals surface area contributed by atoms with Crippen LogP contribution in [0.5, 0.6) is 0 Å². The molecule has 0 fully saturated rings. The van der Waals surface area contributed by atoms with E-state index in [-0.39, 0.29) is 22.8 Å². The van der Waals surface area contributed by atoms with Gasteiger partial charge >= 0.3 is 0 Å². The van der Waals surface area contributed by atoms with E-state index in [4.69, 9.17) is 11.6 Å². The molecule has 6 heteroatoms. The Bertz CT molecular complexity index is 562. The summed E-state index contributed by atoms with van der Waals surface area (Å²) in [6.07, 6.45) is 1.28. The number of halogens is 2. The van der Waals surface area contributed by atoms with Crippen molar-refractivity contribution < 1.29 is 9.18 Å². The molecule has 2 rings (SSSR count). The van der Waals surface area contributed by atoms with Gasteiger partial charge in [-0.2, -0.15) is 0 Å². The van der Waals surface area contributed by atoms with E-state index in [1.807, 2.05) is 6.92 Å². The van der Waals surface area contributed by atoms with Crippen molar-refractivity contribution in [2.75, 3.05) is 0 Å².